The third kappa shape index (κ3) is 3.30. The Hall–Kier alpha value is -1.33. The van der Waals surface area contributed by atoms with E-state index in [1.165, 1.54) is 16.9 Å². The van der Waals surface area contributed by atoms with E-state index in [2.05, 4.69) is 37.0 Å². The lowest BCUT2D eigenvalue weighted by atomic mass is 10.1. The van der Waals surface area contributed by atoms with Crippen LogP contribution in [0.15, 0.2) is 6.20 Å². The van der Waals surface area contributed by atoms with Gasteiger partial charge in [-0.2, -0.15) is 0 Å². The predicted octanol–water partition coefficient (Wildman–Crippen LogP) is 1.51. The molecule has 0 unspecified atom stereocenters. The summed E-state index contributed by atoms with van der Waals surface area (Å²) in [4.78, 5) is 11.5. The van der Waals surface area contributed by atoms with E-state index >= 15 is 0 Å². The van der Waals surface area contributed by atoms with Crippen molar-refractivity contribution >= 4 is 11.6 Å². The molecule has 1 aliphatic heterocycles. The van der Waals surface area contributed by atoms with Crippen molar-refractivity contribution in [1.82, 2.24) is 14.4 Å². The minimum Gasteiger partial charge on any atom is -0.370 e. The van der Waals surface area contributed by atoms with Gasteiger partial charge in [0, 0.05) is 25.2 Å². The molecule has 1 amide bonds. The minimum absolute atomic E-state index is 0.128. The Morgan fingerprint density at radius 3 is 2.57 bits per heavy atom. The highest BCUT2D eigenvalue weighted by Crippen LogP contribution is 2.33. The fourth-order valence-electron chi connectivity index (χ4n) is 3.40. The van der Waals surface area contributed by atoms with E-state index in [1.54, 1.807) is 0 Å². The highest BCUT2D eigenvalue weighted by Gasteiger charge is 2.36. The molecule has 0 atom stereocenters. The van der Waals surface area contributed by atoms with E-state index in [0.717, 1.165) is 43.9 Å². The summed E-state index contributed by atoms with van der Waals surface area (Å²) in [7, 11) is 2.10. The number of hydrogen-bond acceptors (Lipinski definition) is 2. The quantitative estimate of drug-likeness (QED) is 0.837. The summed E-state index contributed by atoms with van der Waals surface area (Å²) in [6.07, 6.45) is 2.75. The van der Waals surface area contributed by atoms with Crippen LogP contribution in [0.5, 0.6) is 0 Å². The lowest BCUT2D eigenvalue weighted by Crippen LogP contribution is -2.59. The Bertz CT molecular complexity index is 502. The molecule has 0 radical (unpaired) electrons. The van der Waals surface area contributed by atoms with Crippen LogP contribution in [0.4, 0.5) is 5.69 Å². The van der Waals surface area contributed by atoms with Gasteiger partial charge in [0.15, 0.2) is 5.69 Å². The number of carbonyl (C=O) groups excluding carboxylic acids is 1. The van der Waals surface area contributed by atoms with Crippen LogP contribution in [0, 0.1) is 13.8 Å². The molecule has 0 saturated carbocycles. The van der Waals surface area contributed by atoms with Gasteiger partial charge in [-0.1, -0.05) is 6.92 Å². The van der Waals surface area contributed by atoms with E-state index in [-0.39, 0.29) is 5.91 Å². The van der Waals surface area contributed by atoms with Crippen molar-refractivity contribution in [2.45, 2.75) is 27.2 Å². The number of nitrogens with zero attached hydrogens (tertiary/aromatic N) is 2. The number of amides is 1. The van der Waals surface area contributed by atoms with Gasteiger partial charge in [-0.15, -0.1) is 0 Å². The fraction of sp³-hybridized carbons (Fsp3) is 0.688. The molecular weight excluding hydrogens is 266 g/mol. The number of carbonyl (C=O) groups is 1. The summed E-state index contributed by atoms with van der Waals surface area (Å²) in [5, 5.41) is 3.02. The first-order valence-corrected chi connectivity index (χ1v) is 7.84. The van der Waals surface area contributed by atoms with Gasteiger partial charge in [0.2, 0.25) is 5.91 Å². The highest BCUT2D eigenvalue weighted by atomic mass is 16.5. The monoisotopic (exact) mass is 294 g/mol. The summed E-state index contributed by atoms with van der Waals surface area (Å²) in [6, 6.07) is 0. The molecule has 0 aliphatic carbocycles. The number of quaternary nitrogens is 1. The van der Waals surface area contributed by atoms with Gasteiger partial charge in [-0.3, -0.25) is 9.28 Å². The van der Waals surface area contributed by atoms with Crippen LogP contribution in [0.25, 0.3) is 0 Å². The van der Waals surface area contributed by atoms with E-state index in [4.69, 9.17) is 4.74 Å². The molecule has 21 heavy (non-hydrogen) atoms. The molecule has 2 heterocycles. The first-order chi connectivity index (χ1) is 10.00. The second-order valence-corrected chi connectivity index (χ2v) is 5.99. The molecule has 0 bridgehead atoms. The van der Waals surface area contributed by atoms with Crippen molar-refractivity contribution in [3.8, 4) is 0 Å². The first-order valence-electron chi connectivity index (χ1n) is 7.84. The number of hydrogen-bond donors (Lipinski definition) is 1. The second kappa shape index (κ2) is 6.62. The molecule has 5 heteroatoms. The summed E-state index contributed by atoms with van der Waals surface area (Å²) in [5.74, 6) is 0.128. The zero-order valence-electron chi connectivity index (χ0n) is 13.7. The molecule has 1 fully saturated rings. The van der Waals surface area contributed by atoms with Crippen LogP contribution in [-0.4, -0.2) is 49.9 Å². The topological polar surface area (TPSA) is 43.3 Å². The van der Waals surface area contributed by atoms with Gasteiger partial charge >= 0.3 is 0 Å². The third-order valence-corrected chi connectivity index (χ3v) is 4.62. The average molecular weight is 294 g/mol. The van der Waals surface area contributed by atoms with E-state index in [1.807, 2.05) is 6.92 Å². The number of aromatic nitrogens is 1. The maximum absolute atomic E-state index is 11.5. The number of ether oxygens (including phenoxy) is 1. The summed E-state index contributed by atoms with van der Waals surface area (Å²) < 4.78 is 8.69. The predicted molar refractivity (Wildman–Crippen MR) is 85.4 cm³/mol. The molecule has 0 spiro atoms. The Kier molecular flexibility index (Phi) is 5.06. The van der Waals surface area contributed by atoms with Crippen LogP contribution in [0.3, 0.4) is 0 Å². The molecule has 1 aromatic heterocycles. The second-order valence-electron chi connectivity index (χ2n) is 5.99. The van der Waals surface area contributed by atoms with Gasteiger partial charge in [-0.05, 0) is 13.8 Å². The number of rotatable bonds is 5. The molecule has 5 nitrogen and oxygen atoms in total. The summed E-state index contributed by atoms with van der Waals surface area (Å²) in [5.41, 5.74) is 4.06. The lowest BCUT2D eigenvalue weighted by Gasteiger charge is -2.41. The summed E-state index contributed by atoms with van der Waals surface area (Å²) in [6.45, 7) is 11.4. The van der Waals surface area contributed by atoms with Gasteiger partial charge in [-0.25, -0.2) is 0 Å². The van der Waals surface area contributed by atoms with Gasteiger partial charge in [0.25, 0.3) is 0 Å². The summed E-state index contributed by atoms with van der Waals surface area (Å²) >= 11 is 0. The molecule has 1 saturated heterocycles. The molecule has 1 aliphatic rings. The standard InChI is InChI=1S/C16H27N3O2/c1-5-15(20)17-6-7-19(8-10-21-11-9-19)16-13(2)12-18(4)14(16)3/h12H,5-11H2,1-4H3/p+1. The van der Waals surface area contributed by atoms with Crippen molar-refractivity contribution in [2.75, 3.05) is 39.4 Å². The average Bonchev–Trinajstić information content (AvgIpc) is 2.73. The van der Waals surface area contributed by atoms with Gasteiger partial charge in [0.1, 0.15) is 19.6 Å². The van der Waals surface area contributed by atoms with Crippen molar-refractivity contribution in [3.63, 3.8) is 0 Å². The Balaban J connectivity index is 2.22. The SMILES string of the molecule is CCC(=O)NCC[N+]1(c2c(C)cn(C)c2C)CCOCC1. The number of aryl methyl sites for hydroxylation is 2. The van der Waals surface area contributed by atoms with E-state index in [0.29, 0.717) is 6.42 Å². The maximum atomic E-state index is 11.5. The Morgan fingerprint density at radius 2 is 2.05 bits per heavy atom. The highest BCUT2D eigenvalue weighted by molar-refractivity contribution is 5.75. The number of nitrogens with one attached hydrogen (secondary N) is 1. The van der Waals surface area contributed by atoms with Crippen molar-refractivity contribution in [3.05, 3.63) is 17.5 Å². The lowest BCUT2D eigenvalue weighted by molar-refractivity contribution is -0.120. The molecule has 2 rings (SSSR count). The van der Waals surface area contributed by atoms with Crippen LogP contribution in [-0.2, 0) is 16.6 Å². The fourth-order valence-corrected chi connectivity index (χ4v) is 3.40. The van der Waals surface area contributed by atoms with Gasteiger partial charge in [0.05, 0.1) is 25.5 Å². The molecular formula is C16H28N3O2+. The molecule has 0 aromatic carbocycles. The van der Waals surface area contributed by atoms with Crippen LogP contribution in [0.1, 0.15) is 24.6 Å². The van der Waals surface area contributed by atoms with E-state index < -0.39 is 0 Å². The molecule has 1 N–H and O–H groups in total. The Labute approximate surface area is 127 Å². The van der Waals surface area contributed by atoms with Crippen LogP contribution < -0.4 is 9.80 Å². The van der Waals surface area contributed by atoms with Crippen molar-refractivity contribution < 1.29 is 9.53 Å². The molecule has 118 valence electrons. The maximum Gasteiger partial charge on any atom is 0.219 e. The van der Waals surface area contributed by atoms with Crippen molar-refractivity contribution in [1.29, 1.82) is 0 Å². The van der Waals surface area contributed by atoms with E-state index in [9.17, 15) is 4.79 Å². The Morgan fingerprint density at radius 1 is 1.38 bits per heavy atom. The normalized spacial score (nSPS) is 17.7. The molecule has 1 aromatic rings. The van der Waals surface area contributed by atoms with Gasteiger partial charge < -0.3 is 14.6 Å². The number of morpholine rings is 1. The zero-order chi connectivity index (χ0) is 15.5. The third-order valence-electron chi connectivity index (χ3n) is 4.62. The first kappa shape index (κ1) is 16.0. The van der Waals surface area contributed by atoms with Crippen LogP contribution in [0.2, 0.25) is 0 Å². The van der Waals surface area contributed by atoms with Crippen molar-refractivity contribution in [2.24, 2.45) is 7.05 Å². The zero-order valence-corrected chi connectivity index (χ0v) is 13.7. The largest absolute Gasteiger partial charge is 0.370 e. The smallest absolute Gasteiger partial charge is 0.219 e. The minimum atomic E-state index is 0.128. The van der Waals surface area contributed by atoms with Crippen LogP contribution >= 0.6 is 0 Å².